The Kier molecular flexibility index (Phi) is 7.04. The van der Waals surface area contributed by atoms with Crippen molar-refractivity contribution in [3.8, 4) is 10.6 Å². The van der Waals surface area contributed by atoms with E-state index in [1.165, 1.54) is 16.2 Å². The van der Waals surface area contributed by atoms with E-state index in [4.69, 9.17) is 16.3 Å². The van der Waals surface area contributed by atoms with E-state index >= 15 is 0 Å². The highest BCUT2D eigenvalue weighted by Gasteiger charge is 2.19. The molecule has 0 bridgehead atoms. The second kappa shape index (κ2) is 10.1. The maximum atomic E-state index is 12.7. The number of amides is 2. The van der Waals surface area contributed by atoms with Crippen molar-refractivity contribution in [1.29, 1.82) is 0 Å². The van der Waals surface area contributed by atoms with E-state index < -0.39 is 0 Å². The number of thiazole rings is 1. The predicted molar refractivity (Wildman–Crippen MR) is 128 cm³/mol. The van der Waals surface area contributed by atoms with Crippen LogP contribution in [0.3, 0.4) is 0 Å². The molecular weight excluding hydrogens is 448 g/mol. The molecule has 7 nitrogen and oxygen atoms in total. The Bertz CT molecular complexity index is 1080. The standard InChI is InChI=1S/C23H23ClN4O3S/c1-27(23(30)20-15-32-22(26-20)16-2-4-17(24)5-3-16)14-21(29)25-18-6-8-19(9-7-18)28-10-12-31-13-11-28/h2-9,15H,10-14H2,1H3,(H,25,29). The minimum absolute atomic E-state index is 0.0716. The second-order valence-corrected chi connectivity index (χ2v) is 8.70. The van der Waals surface area contributed by atoms with Crippen molar-refractivity contribution in [3.05, 3.63) is 64.6 Å². The molecule has 166 valence electrons. The monoisotopic (exact) mass is 470 g/mol. The Morgan fingerprint density at radius 1 is 1.12 bits per heavy atom. The number of halogens is 1. The highest BCUT2D eigenvalue weighted by molar-refractivity contribution is 7.13. The van der Waals surface area contributed by atoms with Gasteiger partial charge in [0.15, 0.2) is 0 Å². The number of hydrogen-bond acceptors (Lipinski definition) is 6. The van der Waals surface area contributed by atoms with Gasteiger partial charge in [0.05, 0.1) is 19.8 Å². The molecule has 0 spiro atoms. The van der Waals surface area contributed by atoms with E-state index in [2.05, 4.69) is 15.2 Å². The SMILES string of the molecule is CN(CC(=O)Nc1ccc(N2CCOCC2)cc1)C(=O)c1csc(-c2ccc(Cl)cc2)n1. The molecule has 0 atom stereocenters. The molecule has 2 heterocycles. The molecule has 1 aliphatic heterocycles. The number of ether oxygens (including phenoxy) is 1. The number of nitrogens with zero attached hydrogens (tertiary/aromatic N) is 3. The lowest BCUT2D eigenvalue weighted by atomic mass is 10.2. The molecule has 1 N–H and O–H groups in total. The summed E-state index contributed by atoms with van der Waals surface area (Å²) in [6.07, 6.45) is 0. The summed E-state index contributed by atoms with van der Waals surface area (Å²) in [7, 11) is 1.59. The van der Waals surface area contributed by atoms with E-state index in [0.29, 0.717) is 16.4 Å². The molecule has 2 amide bonds. The first-order valence-corrected chi connectivity index (χ1v) is 11.4. The van der Waals surface area contributed by atoms with Gasteiger partial charge in [0, 0.05) is 47.5 Å². The van der Waals surface area contributed by atoms with Crippen LogP contribution in [0.4, 0.5) is 11.4 Å². The first kappa shape index (κ1) is 22.3. The Morgan fingerprint density at radius 3 is 2.50 bits per heavy atom. The van der Waals surface area contributed by atoms with Crippen LogP contribution in [0.25, 0.3) is 10.6 Å². The van der Waals surface area contributed by atoms with E-state index in [0.717, 1.165) is 42.6 Å². The molecule has 2 aromatic carbocycles. The maximum absolute atomic E-state index is 12.7. The van der Waals surface area contributed by atoms with Crippen LogP contribution in [0.15, 0.2) is 53.9 Å². The highest BCUT2D eigenvalue weighted by Crippen LogP contribution is 2.25. The van der Waals surface area contributed by atoms with Crippen LogP contribution in [0.5, 0.6) is 0 Å². The number of carbonyl (C=O) groups is 2. The van der Waals surface area contributed by atoms with Gasteiger partial charge in [-0.05, 0) is 36.4 Å². The van der Waals surface area contributed by atoms with E-state index in [9.17, 15) is 9.59 Å². The van der Waals surface area contributed by atoms with Crippen LogP contribution in [-0.2, 0) is 9.53 Å². The Hall–Kier alpha value is -2.94. The summed E-state index contributed by atoms with van der Waals surface area (Å²) in [5, 5.41) is 5.91. The lowest BCUT2D eigenvalue weighted by Gasteiger charge is -2.28. The molecule has 0 radical (unpaired) electrons. The van der Waals surface area contributed by atoms with Gasteiger partial charge in [-0.2, -0.15) is 0 Å². The van der Waals surface area contributed by atoms with Crippen molar-refractivity contribution in [2.75, 3.05) is 50.1 Å². The number of morpholine rings is 1. The van der Waals surface area contributed by atoms with Crippen molar-refractivity contribution < 1.29 is 14.3 Å². The zero-order valence-corrected chi connectivity index (χ0v) is 19.2. The van der Waals surface area contributed by atoms with Crippen LogP contribution in [0, 0.1) is 0 Å². The largest absolute Gasteiger partial charge is 0.378 e. The summed E-state index contributed by atoms with van der Waals surface area (Å²) in [6.45, 7) is 3.08. The number of rotatable bonds is 6. The van der Waals surface area contributed by atoms with Gasteiger partial charge in [0.1, 0.15) is 10.7 Å². The van der Waals surface area contributed by atoms with Crippen molar-refractivity contribution in [1.82, 2.24) is 9.88 Å². The quantitative estimate of drug-likeness (QED) is 0.589. The molecule has 1 aliphatic rings. The van der Waals surface area contributed by atoms with Crippen LogP contribution in [0.2, 0.25) is 5.02 Å². The van der Waals surface area contributed by atoms with Gasteiger partial charge >= 0.3 is 0 Å². The third kappa shape index (κ3) is 5.45. The normalized spacial score (nSPS) is 13.6. The van der Waals surface area contributed by atoms with E-state index in [-0.39, 0.29) is 18.4 Å². The summed E-state index contributed by atoms with van der Waals surface area (Å²) < 4.78 is 5.37. The molecule has 3 aromatic rings. The Morgan fingerprint density at radius 2 is 1.81 bits per heavy atom. The molecular formula is C23H23ClN4O3S. The highest BCUT2D eigenvalue weighted by atomic mass is 35.5. The topological polar surface area (TPSA) is 74.8 Å². The molecule has 4 rings (SSSR count). The van der Waals surface area contributed by atoms with Gasteiger partial charge in [-0.15, -0.1) is 11.3 Å². The number of benzene rings is 2. The van der Waals surface area contributed by atoms with Crippen LogP contribution in [-0.4, -0.2) is 61.6 Å². The third-order valence-electron chi connectivity index (χ3n) is 5.07. The van der Waals surface area contributed by atoms with E-state index in [1.807, 2.05) is 36.4 Å². The molecule has 0 saturated carbocycles. The summed E-state index contributed by atoms with van der Waals surface area (Å²) in [4.78, 5) is 33.2. The lowest BCUT2D eigenvalue weighted by molar-refractivity contribution is -0.116. The van der Waals surface area contributed by atoms with Crippen LogP contribution >= 0.6 is 22.9 Å². The smallest absolute Gasteiger partial charge is 0.273 e. The second-order valence-electron chi connectivity index (χ2n) is 7.40. The molecule has 0 aliphatic carbocycles. The predicted octanol–water partition coefficient (Wildman–Crippen LogP) is 4.01. The fourth-order valence-corrected chi connectivity index (χ4v) is 4.28. The molecule has 1 saturated heterocycles. The number of anilines is 2. The minimum atomic E-state index is -0.306. The fourth-order valence-electron chi connectivity index (χ4n) is 3.36. The van der Waals surface area contributed by atoms with E-state index in [1.54, 1.807) is 24.6 Å². The van der Waals surface area contributed by atoms with Gasteiger partial charge in [-0.3, -0.25) is 9.59 Å². The van der Waals surface area contributed by atoms with Gasteiger partial charge < -0.3 is 19.9 Å². The van der Waals surface area contributed by atoms with Gasteiger partial charge in [0.2, 0.25) is 5.91 Å². The number of hydrogen-bond donors (Lipinski definition) is 1. The third-order valence-corrected chi connectivity index (χ3v) is 6.21. The van der Waals surface area contributed by atoms with Gasteiger partial charge in [-0.25, -0.2) is 4.98 Å². The Labute approximate surface area is 195 Å². The van der Waals surface area contributed by atoms with Crippen molar-refractivity contribution >= 4 is 46.1 Å². The Balaban J connectivity index is 1.32. The number of aromatic nitrogens is 1. The molecule has 0 unspecified atom stereocenters. The number of carbonyl (C=O) groups excluding carboxylic acids is 2. The van der Waals surface area contributed by atoms with Gasteiger partial charge in [-0.1, -0.05) is 23.7 Å². The number of likely N-dealkylation sites (N-methyl/N-ethyl adjacent to an activating group) is 1. The number of nitrogens with one attached hydrogen (secondary N) is 1. The van der Waals surface area contributed by atoms with Gasteiger partial charge in [0.25, 0.3) is 5.91 Å². The molecule has 1 aromatic heterocycles. The fraction of sp³-hybridized carbons (Fsp3) is 0.261. The first-order valence-electron chi connectivity index (χ1n) is 10.2. The molecule has 32 heavy (non-hydrogen) atoms. The molecule has 9 heteroatoms. The zero-order chi connectivity index (χ0) is 22.5. The zero-order valence-electron chi connectivity index (χ0n) is 17.6. The minimum Gasteiger partial charge on any atom is -0.378 e. The summed E-state index contributed by atoms with van der Waals surface area (Å²) in [5.74, 6) is -0.576. The van der Waals surface area contributed by atoms with Crippen LogP contribution in [0.1, 0.15) is 10.5 Å². The lowest BCUT2D eigenvalue weighted by Crippen LogP contribution is -2.36. The summed E-state index contributed by atoms with van der Waals surface area (Å²) >= 11 is 7.30. The van der Waals surface area contributed by atoms with Crippen molar-refractivity contribution in [2.45, 2.75) is 0 Å². The first-order chi connectivity index (χ1) is 15.5. The maximum Gasteiger partial charge on any atom is 0.273 e. The average molecular weight is 471 g/mol. The average Bonchev–Trinajstić information content (AvgIpc) is 3.30. The summed E-state index contributed by atoms with van der Waals surface area (Å²) in [6, 6.07) is 15.0. The molecule has 1 fully saturated rings. The van der Waals surface area contributed by atoms with Crippen molar-refractivity contribution in [2.24, 2.45) is 0 Å². The van der Waals surface area contributed by atoms with Crippen LogP contribution < -0.4 is 10.2 Å². The van der Waals surface area contributed by atoms with Crippen molar-refractivity contribution in [3.63, 3.8) is 0 Å². The summed E-state index contributed by atoms with van der Waals surface area (Å²) in [5.41, 5.74) is 2.98.